The first-order chi connectivity index (χ1) is 13.5. The van der Waals surface area contributed by atoms with Crippen LogP contribution < -0.4 is 20.3 Å². The monoisotopic (exact) mass is 403 g/mol. The number of fused-ring (bicyclic) bond motifs is 1. The summed E-state index contributed by atoms with van der Waals surface area (Å²) >= 11 is 1.51. The predicted molar refractivity (Wildman–Crippen MR) is 110 cm³/mol. The number of nitrogens with one attached hydrogen (secondary N) is 1. The lowest BCUT2D eigenvalue weighted by molar-refractivity contribution is -0.116. The molecule has 2 aromatic rings. The van der Waals surface area contributed by atoms with E-state index in [1.807, 2.05) is 26.1 Å². The maximum atomic E-state index is 13.0. The molecule has 0 spiro atoms. The van der Waals surface area contributed by atoms with Gasteiger partial charge in [0.25, 0.3) is 5.56 Å². The number of hydrogen-bond acceptors (Lipinski definition) is 6. The van der Waals surface area contributed by atoms with Gasteiger partial charge in [-0.2, -0.15) is 4.98 Å². The van der Waals surface area contributed by atoms with E-state index in [4.69, 9.17) is 9.47 Å². The van der Waals surface area contributed by atoms with E-state index >= 15 is 0 Å². The summed E-state index contributed by atoms with van der Waals surface area (Å²) in [7, 11) is 3.39. The quantitative estimate of drug-likeness (QED) is 0.565. The first kappa shape index (κ1) is 20.3. The number of rotatable bonds is 7. The van der Waals surface area contributed by atoms with Crippen LogP contribution in [0.2, 0.25) is 0 Å². The molecule has 0 fully saturated rings. The Kier molecular flexibility index (Phi) is 6.28. The van der Waals surface area contributed by atoms with Crippen molar-refractivity contribution in [1.29, 1.82) is 0 Å². The van der Waals surface area contributed by atoms with Gasteiger partial charge in [-0.1, -0.05) is 30.8 Å². The lowest BCUT2D eigenvalue weighted by Crippen LogP contribution is -2.33. The first-order valence-electron chi connectivity index (χ1n) is 9.35. The zero-order valence-electron chi connectivity index (χ0n) is 16.6. The number of amides is 1. The molecule has 8 heteroatoms. The van der Waals surface area contributed by atoms with Gasteiger partial charge < -0.3 is 19.4 Å². The molecule has 0 aliphatic carbocycles. The van der Waals surface area contributed by atoms with Gasteiger partial charge in [0.2, 0.25) is 5.91 Å². The summed E-state index contributed by atoms with van der Waals surface area (Å²) < 4.78 is 13.0. The molecule has 0 saturated heterocycles. The van der Waals surface area contributed by atoms with Crippen LogP contribution in [0.25, 0.3) is 0 Å². The van der Waals surface area contributed by atoms with Crippen LogP contribution in [0.5, 0.6) is 11.5 Å². The highest BCUT2D eigenvalue weighted by atomic mass is 32.2. The van der Waals surface area contributed by atoms with Gasteiger partial charge in [-0.15, -0.1) is 0 Å². The molecule has 150 valence electrons. The highest BCUT2D eigenvalue weighted by Gasteiger charge is 2.34. The summed E-state index contributed by atoms with van der Waals surface area (Å²) in [5, 5.41) is 3.46. The lowest BCUT2D eigenvalue weighted by Gasteiger charge is -2.28. The Morgan fingerprint density at radius 3 is 2.79 bits per heavy atom. The normalized spacial score (nSPS) is 15.7. The molecule has 0 radical (unpaired) electrons. The molecule has 0 unspecified atom stereocenters. The van der Waals surface area contributed by atoms with Crippen LogP contribution in [0.1, 0.15) is 43.7 Å². The second-order valence-corrected chi connectivity index (χ2v) is 7.55. The zero-order chi connectivity index (χ0) is 20.3. The molecule has 3 rings (SSSR count). The molecule has 1 aliphatic heterocycles. The van der Waals surface area contributed by atoms with Gasteiger partial charge in [0, 0.05) is 30.7 Å². The van der Waals surface area contributed by atoms with Gasteiger partial charge in [-0.05, 0) is 19.4 Å². The van der Waals surface area contributed by atoms with Gasteiger partial charge in [0.15, 0.2) is 16.7 Å². The van der Waals surface area contributed by atoms with Crippen LogP contribution >= 0.6 is 11.8 Å². The maximum Gasteiger partial charge on any atom is 0.279 e. The second-order valence-electron chi connectivity index (χ2n) is 6.49. The number of carbonyl (C=O) groups is 1. The fourth-order valence-electron chi connectivity index (χ4n) is 3.39. The van der Waals surface area contributed by atoms with Crippen molar-refractivity contribution in [1.82, 2.24) is 9.55 Å². The molecular formula is C20H25N3O4S. The van der Waals surface area contributed by atoms with Gasteiger partial charge in [0.1, 0.15) is 5.82 Å². The van der Waals surface area contributed by atoms with Gasteiger partial charge in [-0.25, -0.2) is 0 Å². The molecule has 7 nitrogen and oxygen atoms in total. The number of para-hydroxylation sites is 1. The Balaban J connectivity index is 2.19. The molecule has 0 bridgehead atoms. The highest BCUT2D eigenvalue weighted by molar-refractivity contribution is 7.99. The summed E-state index contributed by atoms with van der Waals surface area (Å²) in [6.07, 6.45) is 1.12. The summed E-state index contributed by atoms with van der Waals surface area (Å²) in [6, 6.07) is 5.52. The van der Waals surface area contributed by atoms with Gasteiger partial charge in [-0.3, -0.25) is 9.59 Å². The molecule has 1 atom stereocenters. The number of nitrogens with zero attached hydrogens (tertiary/aromatic N) is 2. The van der Waals surface area contributed by atoms with Crippen molar-refractivity contribution in [3.05, 3.63) is 39.7 Å². The SMILES string of the molecule is CCCSc1nc(=O)c2c(n1C)NC(=O)C[C@H]2c1cccc(OC)c1OCC. The molecule has 1 aliphatic rings. The number of hydrogen-bond donors (Lipinski definition) is 1. The van der Waals surface area contributed by atoms with Crippen LogP contribution in [-0.2, 0) is 11.8 Å². The number of anilines is 1. The van der Waals surface area contributed by atoms with Crippen molar-refractivity contribution in [2.75, 3.05) is 24.8 Å². The van der Waals surface area contributed by atoms with Gasteiger partial charge >= 0.3 is 0 Å². The van der Waals surface area contributed by atoms with Crippen LogP contribution in [0.4, 0.5) is 5.82 Å². The Bertz CT molecular complexity index is 942. The van der Waals surface area contributed by atoms with Crippen molar-refractivity contribution in [2.45, 2.75) is 37.8 Å². The molecule has 28 heavy (non-hydrogen) atoms. The fraction of sp³-hybridized carbons (Fsp3) is 0.450. The van der Waals surface area contributed by atoms with Crippen LogP contribution in [0.15, 0.2) is 28.2 Å². The molecule has 0 saturated carbocycles. The largest absolute Gasteiger partial charge is 0.493 e. The summed E-state index contributed by atoms with van der Waals surface area (Å²) in [5.74, 6) is 1.90. The standard InChI is InChI=1S/C20H25N3O4S/c1-5-10-28-20-22-19(25)16-13(11-15(24)21-18(16)23(20)3)12-8-7-9-14(26-4)17(12)27-6-2/h7-9,13H,5-6,10-11H2,1-4H3,(H,21,24)/t13-/m0/s1. The van der Waals surface area contributed by atoms with Crippen LogP contribution in [-0.4, -0.2) is 34.9 Å². The van der Waals surface area contributed by atoms with E-state index in [-0.39, 0.29) is 17.9 Å². The fourth-order valence-corrected chi connectivity index (χ4v) is 4.21. The maximum absolute atomic E-state index is 13.0. The highest BCUT2D eigenvalue weighted by Crippen LogP contribution is 2.43. The number of aromatic nitrogens is 2. The molecule has 1 aromatic heterocycles. The first-order valence-corrected chi connectivity index (χ1v) is 10.3. The predicted octanol–water partition coefficient (Wildman–Crippen LogP) is 3.16. The number of ether oxygens (including phenoxy) is 2. The molecule has 2 heterocycles. The molecule has 1 aromatic carbocycles. The molecule has 1 N–H and O–H groups in total. The third-order valence-corrected chi connectivity index (χ3v) is 5.87. The smallest absolute Gasteiger partial charge is 0.279 e. The minimum absolute atomic E-state index is 0.143. The van der Waals surface area contributed by atoms with Crippen LogP contribution in [0, 0.1) is 0 Å². The van der Waals surface area contributed by atoms with E-state index in [0.717, 1.165) is 17.7 Å². The summed E-state index contributed by atoms with van der Waals surface area (Å²) in [6.45, 7) is 4.40. The van der Waals surface area contributed by atoms with Crippen molar-refractivity contribution in [3.63, 3.8) is 0 Å². The van der Waals surface area contributed by atoms with E-state index in [2.05, 4.69) is 17.2 Å². The van der Waals surface area contributed by atoms with Gasteiger partial charge in [0.05, 0.1) is 19.3 Å². The van der Waals surface area contributed by atoms with Crippen molar-refractivity contribution in [2.24, 2.45) is 7.05 Å². The third kappa shape index (κ3) is 3.73. The average Bonchev–Trinajstić information content (AvgIpc) is 2.69. The zero-order valence-corrected chi connectivity index (χ0v) is 17.4. The van der Waals surface area contributed by atoms with E-state index in [0.29, 0.717) is 34.6 Å². The Morgan fingerprint density at radius 2 is 2.11 bits per heavy atom. The lowest BCUT2D eigenvalue weighted by atomic mass is 9.86. The molecular weight excluding hydrogens is 378 g/mol. The number of thioether (sulfide) groups is 1. The topological polar surface area (TPSA) is 82.5 Å². The van der Waals surface area contributed by atoms with Crippen molar-refractivity contribution >= 4 is 23.5 Å². The summed E-state index contributed by atoms with van der Waals surface area (Å²) in [4.78, 5) is 29.7. The second kappa shape index (κ2) is 8.68. The number of carbonyl (C=O) groups excluding carboxylic acids is 1. The van der Waals surface area contributed by atoms with Crippen LogP contribution in [0.3, 0.4) is 0 Å². The Hall–Kier alpha value is -2.48. The summed E-state index contributed by atoms with van der Waals surface area (Å²) in [5.41, 5.74) is 0.921. The molecule has 1 amide bonds. The van der Waals surface area contributed by atoms with E-state index in [1.54, 1.807) is 17.7 Å². The average molecular weight is 404 g/mol. The Morgan fingerprint density at radius 1 is 1.32 bits per heavy atom. The Labute approximate surface area is 168 Å². The van der Waals surface area contributed by atoms with E-state index < -0.39 is 5.92 Å². The van der Waals surface area contributed by atoms with Crippen molar-refractivity contribution < 1.29 is 14.3 Å². The van der Waals surface area contributed by atoms with Crippen molar-refractivity contribution in [3.8, 4) is 11.5 Å². The minimum atomic E-state index is -0.447. The van der Waals surface area contributed by atoms with E-state index in [1.165, 1.54) is 11.8 Å². The third-order valence-electron chi connectivity index (χ3n) is 4.63. The minimum Gasteiger partial charge on any atom is -0.493 e. The number of methoxy groups -OCH3 is 1. The number of benzene rings is 1. The van der Waals surface area contributed by atoms with E-state index in [9.17, 15) is 9.59 Å².